The maximum absolute atomic E-state index is 9.05. The molecule has 7 heteroatoms. The highest BCUT2D eigenvalue weighted by atomic mass is 16.5. The lowest BCUT2D eigenvalue weighted by Crippen LogP contribution is -2.02. The molecule has 0 unspecified atom stereocenters. The topological polar surface area (TPSA) is 88.6 Å². The fourth-order valence-corrected chi connectivity index (χ4v) is 4.40. The lowest BCUT2D eigenvalue weighted by Gasteiger charge is -2.16. The van der Waals surface area contributed by atoms with Gasteiger partial charge in [-0.15, -0.1) is 0 Å². The van der Waals surface area contributed by atoms with Crippen LogP contribution in [0.1, 0.15) is 27.9 Å². The third-order valence-electron chi connectivity index (χ3n) is 6.18. The Hall–Kier alpha value is -4.70. The SMILES string of the molecule is Cc1cc(C)c(-c2cc(C)c(Oc3nc(Nc4ccc(C#N)cc4)nc4ccn(C)c34)c(C)c2)cn1. The zero-order valence-electron chi connectivity index (χ0n) is 20.9. The zero-order chi connectivity index (χ0) is 25.4. The predicted molar refractivity (Wildman–Crippen MR) is 142 cm³/mol. The van der Waals surface area contributed by atoms with Gasteiger partial charge >= 0.3 is 0 Å². The number of fused-ring (bicyclic) bond motifs is 1. The molecule has 0 aliphatic heterocycles. The molecule has 0 saturated carbocycles. The molecule has 0 bridgehead atoms. The quantitative estimate of drug-likeness (QED) is 0.306. The summed E-state index contributed by atoms with van der Waals surface area (Å²) in [6.07, 6.45) is 3.87. The van der Waals surface area contributed by atoms with Crippen molar-refractivity contribution in [1.29, 1.82) is 5.26 Å². The van der Waals surface area contributed by atoms with E-state index < -0.39 is 0 Å². The van der Waals surface area contributed by atoms with Crippen molar-refractivity contribution in [2.75, 3.05) is 5.32 Å². The van der Waals surface area contributed by atoms with Gasteiger partial charge in [-0.25, -0.2) is 4.98 Å². The summed E-state index contributed by atoms with van der Waals surface area (Å²) in [6.45, 7) is 8.19. The highest BCUT2D eigenvalue weighted by Crippen LogP contribution is 2.36. The van der Waals surface area contributed by atoms with Crippen molar-refractivity contribution in [2.24, 2.45) is 7.05 Å². The van der Waals surface area contributed by atoms with Gasteiger partial charge in [-0.1, -0.05) is 0 Å². The normalized spacial score (nSPS) is 10.9. The molecular formula is C29H26N6O. The maximum atomic E-state index is 9.05. The molecule has 0 spiro atoms. The van der Waals surface area contributed by atoms with Crippen LogP contribution in [0.2, 0.25) is 0 Å². The number of pyridine rings is 1. The Morgan fingerprint density at radius 3 is 2.31 bits per heavy atom. The summed E-state index contributed by atoms with van der Waals surface area (Å²) in [7, 11) is 1.95. The van der Waals surface area contributed by atoms with Gasteiger partial charge in [-0.2, -0.15) is 10.2 Å². The third-order valence-corrected chi connectivity index (χ3v) is 6.18. The second-order valence-corrected chi connectivity index (χ2v) is 9.01. The van der Waals surface area contributed by atoms with Gasteiger partial charge in [0.2, 0.25) is 11.8 Å². The maximum Gasteiger partial charge on any atom is 0.249 e. The predicted octanol–water partition coefficient (Wildman–Crippen LogP) is 6.67. The summed E-state index contributed by atoms with van der Waals surface area (Å²) >= 11 is 0. The van der Waals surface area contributed by atoms with Crippen LogP contribution in [0, 0.1) is 39.0 Å². The van der Waals surface area contributed by atoms with Gasteiger partial charge in [0.1, 0.15) is 11.3 Å². The van der Waals surface area contributed by atoms with Crippen molar-refractivity contribution in [3.8, 4) is 28.8 Å². The Kier molecular flexibility index (Phi) is 5.87. The van der Waals surface area contributed by atoms with Crippen LogP contribution in [0.4, 0.5) is 11.6 Å². The largest absolute Gasteiger partial charge is 0.436 e. The molecule has 178 valence electrons. The summed E-state index contributed by atoms with van der Waals surface area (Å²) in [6, 6.07) is 17.6. The number of ether oxygens (including phenoxy) is 1. The van der Waals surface area contributed by atoms with E-state index in [4.69, 9.17) is 15.0 Å². The summed E-state index contributed by atoms with van der Waals surface area (Å²) in [4.78, 5) is 13.9. The molecule has 1 N–H and O–H groups in total. The average Bonchev–Trinajstić information content (AvgIpc) is 3.22. The van der Waals surface area contributed by atoms with E-state index in [-0.39, 0.29) is 0 Å². The molecule has 36 heavy (non-hydrogen) atoms. The summed E-state index contributed by atoms with van der Waals surface area (Å²) in [5.74, 6) is 1.65. The second-order valence-electron chi connectivity index (χ2n) is 9.01. The minimum absolute atomic E-state index is 0.418. The highest BCUT2D eigenvalue weighted by Gasteiger charge is 2.17. The van der Waals surface area contributed by atoms with E-state index >= 15 is 0 Å². The Labute approximate surface area is 210 Å². The number of aryl methyl sites for hydroxylation is 5. The standard InChI is InChI=1S/C29H26N6O/c1-17-12-20(4)31-16-24(17)22-13-18(2)27(19(3)14-22)36-28-26-25(10-11-35(26)5)33-29(34-28)32-23-8-6-21(15-30)7-9-23/h6-14,16H,1-5H3,(H,32,33,34). The van der Waals surface area contributed by atoms with Gasteiger partial charge in [0.25, 0.3) is 0 Å². The number of benzene rings is 2. The summed E-state index contributed by atoms with van der Waals surface area (Å²) in [5.41, 5.74) is 9.38. The smallest absolute Gasteiger partial charge is 0.249 e. The van der Waals surface area contributed by atoms with E-state index in [2.05, 4.69) is 46.5 Å². The number of rotatable bonds is 5. The molecule has 0 saturated heterocycles. The lowest BCUT2D eigenvalue weighted by molar-refractivity contribution is 0.459. The van der Waals surface area contributed by atoms with Crippen molar-refractivity contribution in [3.63, 3.8) is 0 Å². The summed E-state index contributed by atoms with van der Waals surface area (Å²) in [5, 5.41) is 12.3. The first-order valence-corrected chi connectivity index (χ1v) is 11.7. The van der Waals surface area contributed by atoms with E-state index in [0.29, 0.717) is 17.4 Å². The first-order chi connectivity index (χ1) is 17.3. The van der Waals surface area contributed by atoms with Crippen LogP contribution < -0.4 is 10.1 Å². The first-order valence-electron chi connectivity index (χ1n) is 11.7. The van der Waals surface area contributed by atoms with Crippen LogP contribution in [0.25, 0.3) is 22.2 Å². The molecule has 3 aromatic heterocycles. The van der Waals surface area contributed by atoms with Crippen LogP contribution in [0.15, 0.2) is 60.9 Å². The first kappa shape index (κ1) is 23.1. The molecule has 5 rings (SSSR count). The number of anilines is 2. The van der Waals surface area contributed by atoms with Gasteiger partial charge in [-0.05, 0) is 98.5 Å². The molecule has 0 aliphatic rings. The van der Waals surface area contributed by atoms with Crippen molar-refractivity contribution in [2.45, 2.75) is 27.7 Å². The molecule has 0 amide bonds. The van der Waals surface area contributed by atoms with Crippen molar-refractivity contribution in [1.82, 2.24) is 19.5 Å². The van der Waals surface area contributed by atoms with Gasteiger partial charge in [0.05, 0.1) is 17.1 Å². The van der Waals surface area contributed by atoms with Crippen LogP contribution in [0.5, 0.6) is 11.6 Å². The number of hydrogen-bond acceptors (Lipinski definition) is 6. The number of nitrogens with zero attached hydrogens (tertiary/aromatic N) is 5. The fourth-order valence-electron chi connectivity index (χ4n) is 4.40. The molecule has 0 atom stereocenters. The molecule has 7 nitrogen and oxygen atoms in total. The summed E-state index contributed by atoms with van der Waals surface area (Å²) < 4.78 is 8.43. The van der Waals surface area contributed by atoms with Crippen LogP contribution >= 0.6 is 0 Å². The number of hydrogen-bond donors (Lipinski definition) is 1. The molecule has 0 radical (unpaired) electrons. The highest BCUT2D eigenvalue weighted by molar-refractivity contribution is 5.83. The molecule has 0 fully saturated rings. The molecule has 5 aromatic rings. The van der Waals surface area contributed by atoms with Crippen molar-refractivity contribution < 1.29 is 4.74 Å². The Balaban J connectivity index is 1.53. The van der Waals surface area contributed by atoms with Gasteiger partial charge in [0, 0.05) is 36.4 Å². The van der Waals surface area contributed by atoms with Crippen molar-refractivity contribution in [3.05, 3.63) is 88.9 Å². The molecular weight excluding hydrogens is 448 g/mol. The van der Waals surface area contributed by atoms with Crippen molar-refractivity contribution >= 4 is 22.7 Å². The van der Waals surface area contributed by atoms with Gasteiger partial charge in [0.15, 0.2) is 0 Å². The van der Waals surface area contributed by atoms with E-state index in [0.717, 1.165) is 50.4 Å². The monoisotopic (exact) mass is 474 g/mol. The molecule has 3 heterocycles. The number of nitriles is 1. The Morgan fingerprint density at radius 1 is 0.917 bits per heavy atom. The average molecular weight is 475 g/mol. The van der Waals surface area contributed by atoms with E-state index in [1.54, 1.807) is 12.1 Å². The Bertz CT molecular complexity index is 1620. The molecule has 0 aliphatic carbocycles. The van der Waals surface area contributed by atoms with E-state index in [1.807, 2.05) is 63.0 Å². The second kappa shape index (κ2) is 9.16. The van der Waals surface area contributed by atoms with Crippen LogP contribution in [0.3, 0.4) is 0 Å². The molecule has 2 aromatic carbocycles. The third kappa shape index (κ3) is 4.37. The van der Waals surface area contributed by atoms with Crippen LogP contribution in [-0.4, -0.2) is 19.5 Å². The van der Waals surface area contributed by atoms with Crippen LogP contribution in [-0.2, 0) is 7.05 Å². The van der Waals surface area contributed by atoms with Gasteiger partial charge in [-0.3, -0.25) is 4.98 Å². The minimum atomic E-state index is 0.418. The fraction of sp³-hybridized carbons (Fsp3) is 0.172. The van der Waals surface area contributed by atoms with E-state index in [9.17, 15) is 0 Å². The zero-order valence-corrected chi connectivity index (χ0v) is 20.9. The Morgan fingerprint density at radius 2 is 1.64 bits per heavy atom. The lowest BCUT2D eigenvalue weighted by atomic mass is 9.97. The van der Waals surface area contributed by atoms with E-state index in [1.165, 1.54) is 5.56 Å². The minimum Gasteiger partial charge on any atom is -0.436 e. The number of nitrogens with one attached hydrogen (secondary N) is 1. The number of aromatic nitrogens is 4. The van der Waals surface area contributed by atoms with Gasteiger partial charge < -0.3 is 14.6 Å².